The van der Waals surface area contributed by atoms with Gasteiger partial charge in [0, 0.05) is 104 Å². The summed E-state index contributed by atoms with van der Waals surface area (Å²) in [5.74, 6) is -1.87. The molecule has 0 heterocycles. The van der Waals surface area contributed by atoms with E-state index in [0.717, 1.165) is 72.6 Å². The minimum Gasteiger partial charge on any atom is -0.355 e. The van der Waals surface area contributed by atoms with Crippen LogP contribution < -0.4 is 10.6 Å². The molecular formula is C76H66N2O29S7. The monoisotopic (exact) mass is 1690 g/mol. The van der Waals surface area contributed by atoms with Gasteiger partial charge in [-0.3, -0.25) is 56.6 Å². The lowest BCUT2D eigenvalue weighted by Crippen LogP contribution is -2.18. The van der Waals surface area contributed by atoms with Crippen LogP contribution in [0, 0.1) is 6.92 Å². The lowest BCUT2D eigenvalue weighted by molar-refractivity contribution is 0.0956. The average molecular weight is 1700 g/mol. The predicted octanol–water partition coefficient (Wildman–Crippen LogP) is 11.6. The van der Waals surface area contributed by atoms with Gasteiger partial charge in [-0.25, -0.2) is 0 Å². The van der Waals surface area contributed by atoms with E-state index in [-0.39, 0.29) is 120 Å². The molecule has 0 unspecified atom stereocenters. The number of hydrogen-bond donors (Lipinski definition) is 6. The second-order valence-corrected chi connectivity index (χ2v) is 31.1. The molecule has 0 aliphatic heterocycles. The number of nitrogens with one attached hydrogen (secondary N) is 2. The van der Waals surface area contributed by atoms with Crippen molar-refractivity contribution < 1.29 is 128 Å². The van der Waals surface area contributed by atoms with Crippen molar-refractivity contribution >= 4 is 216 Å². The summed E-state index contributed by atoms with van der Waals surface area (Å²) in [6, 6.07) is 39.8. The van der Waals surface area contributed by atoms with Crippen LogP contribution in [0.1, 0.15) is 150 Å². The molecule has 596 valence electrons. The Bertz CT molecular complexity index is 6920. The third-order valence-corrected chi connectivity index (χ3v) is 21.3. The van der Waals surface area contributed by atoms with Crippen LogP contribution in [0.5, 0.6) is 0 Å². The maximum atomic E-state index is 12.5. The zero-order valence-corrected chi connectivity index (χ0v) is 65.9. The Morgan fingerprint density at radius 1 is 0.325 bits per heavy atom. The van der Waals surface area contributed by atoms with E-state index in [0.29, 0.717) is 43.4 Å². The summed E-state index contributed by atoms with van der Waals surface area (Å²) in [6.45, 7) is 11.2. The number of carbonyl (C=O) groups is 8. The van der Waals surface area contributed by atoms with Gasteiger partial charge in [-0.15, -0.1) is 37.9 Å². The van der Waals surface area contributed by atoms with Crippen LogP contribution in [0.4, 0.5) is 0 Å². The van der Waals surface area contributed by atoms with E-state index in [4.69, 9.17) is 37.9 Å². The zero-order chi connectivity index (χ0) is 84.8. The predicted molar refractivity (Wildman–Crippen MR) is 422 cm³/mol. The van der Waals surface area contributed by atoms with Gasteiger partial charge >= 0.3 is 31.8 Å². The van der Waals surface area contributed by atoms with E-state index < -0.39 is 88.0 Å². The van der Waals surface area contributed by atoms with Gasteiger partial charge in [-0.2, -0.15) is 33.7 Å². The molecule has 0 saturated heterocycles. The number of carbonyl (C=O) groups excluding carboxylic acids is 8. The molecule has 0 radical (unpaired) electrons. The highest BCUT2D eigenvalue weighted by Crippen LogP contribution is 2.44. The van der Waals surface area contributed by atoms with E-state index in [1.165, 1.54) is 76.5 Å². The fourth-order valence-electron chi connectivity index (χ4n) is 13.1. The van der Waals surface area contributed by atoms with Gasteiger partial charge in [0.1, 0.15) is 19.6 Å². The number of hydrogen-bond acceptors (Lipinski definition) is 25. The molecular weight excluding hydrogens is 1630 g/mol. The van der Waals surface area contributed by atoms with Gasteiger partial charge in [0.25, 0.3) is 52.3 Å². The number of Topliss-reactive ketones (excluding diaryl/α,β-unsaturated/α-hetero) is 6. The van der Waals surface area contributed by atoms with E-state index in [9.17, 15) is 90.2 Å². The van der Waals surface area contributed by atoms with Crippen molar-refractivity contribution in [1.29, 1.82) is 0 Å². The molecule has 114 heavy (non-hydrogen) atoms. The first-order valence-corrected chi connectivity index (χ1v) is 41.1. The Hall–Kier alpha value is -11.8. The molecule has 0 aliphatic carbocycles. The maximum absolute atomic E-state index is 12.5. The number of ketones is 6. The van der Waals surface area contributed by atoms with Crippen molar-refractivity contribution in [2.45, 2.75) is 88.3 Å². The van der Waals surface area contributed by atoms with Gasteiger partial charge in [-0.1, -0.05) is 130 Å². The summed E-state index contributed by atoms with van der Waals surface area (Å²) in [5.41, 5.74) is 3.83. The maximum Gasteiger partial charge on any atom is 0.425 e. The topological polar surface area (TPSA) is 532 Å². The van der Waals surface area contributed by atoms with Crippen molar-refractivity contribution in [3.63, 3.8) is 0 Å². The van der Waals surface area contributed by atoms with Crippen molar-refractivity contribution in [2.75, 3.05) is 14.1 Å². The molecule has 0 spiro atoms. The smallest absolute Gasteiger partial charge is 0.355 e. The first-order chi connectivity index (χ1) is 52.6. The number of aryl methyl sites for hydroxylation is 1. The van der Waals surface area contributed by atoms with Crippen LogP contribution in [0.25, 0.3) is 97.0 Å². The lowest BCUT2D eigenvalue weighted by Gasteiger charge is -2.17. The van der Waals surface area contributed by atoms with E-state index in [2.05, 4.69) is 16.7 Å². The van der Waals surface area contributed by atoms with Crippen LogP contribution in [-0.4, -0.2) is 150 Å². The Morgan fingerprint density at radius 3 is 1.10 bits per heavy atom. The Labute approximate surface area is 654 Å². The van der Waals surface area contributed by atoms with Crippen LogP contribution in [0.3, 0.4) is 0 Å². The summed E-state index contributed by atoms with van der Waals surface area (Å²) < 4.78 is 211. The van der Waals surface area contributed by atoms with Crippen LogP contribution in [0.2, 0.25) is 0 Å². The quantitative estimate of drug-likeness (QED) is 0.0255. The van der Waals surface area contributed by atoms with Crippen molar-refractivity contribution in [3.05, 3.63) is 202 Å². The lowest BCUT2D eigenvalue weighted by atomic mass is 9.87. The number of fused-ring (bicyclic) bond motifs is 3. The Kier molecular flexibility index (Phi) is 29.0. The summed E-state index contributed by atoms with van der Waals surface area (Å²) in [5, 5.41) is 14.4. The Balaban J connectivity index is 0.000000227. The minimum atomic E-state index is -4.90. The number of benzene rings is 13. The van der Waals surface area contributed by atoms with E-state index in [1.807, 2.05) is 49.4 Å². The number of amides is 2. The Morgan fingerprint density at radius 2 is 0.667 bits per heavy atom. The molecule has 13 rings (SSSR count). The first-order valence-electron chi connectivity index (χ1n) is 32.4. The summed E-state index contributed by atoms with van der Waals surface area (Å²) in [4.78, 5) is 94.3. The molecule has 13 aromatic carbocycles. The standard InChI is InChI=1S/C21H17NO5S.C21H16O2.C19H17NO8S2.C14H12O5S.CH4.3O3S/c1-3-17(23)16-10-18(28(25,26)27)15-9-8-12-14(21(24)22-2)7-5-11-4-6-13(16)20(15)19(11)12;1-11-10-19(13(3)23)18-7-5-14-4-6-16(12(2)22)17-9-8-15(11)21(18)20(14)17;1-3-16(21)10-4-6-12-14(8-10)17(29(23,24)25)13-7-5-11(19(22)20-2)9-15(13)18(12)30(26,27)28;1-8(15)10-6-7-11(9(2)16)14-12(10)4-3-5-13(14)20(17,18)19;;3*1-4(2)3/h4-10H,3H2,1-2H3,(H,22,24)(H,25,26,27);4-10H,1-3H3;4-9H,3H2,1-2H3,(H,20,22)(H,23,24,25)(H,26,27,28);3-7H,1-2H3,(H,17,18,19);1H4;;;. The van der Waals surface area contributed by atoms with Gasteiger partial charge < -0.3 is 10.6 Å². The molecule has 0 atom stereocenters. The van der Waals surface area contributed by atoms with Gasteiger partial charge in [0.15, 0.2) is 34.7 Å². The molecule has 0 bridgehead atoms. The average Bonchev–Trinajstić information content (AvgIpc) is 0.737. The molecule has 0 saturated carbocycles. The van der Waals surface area contributed by atoms with E-state index >= 15 is 0 Å². The fourth-order valence-corrected chi connectivity index (χ4v) is 16.3. The molecule has 38 heteroatoms. The SMILES string of the molecule is C.CC(=O)c1ccc(C(C)=O)c2c(S(=O)(=O)O)cccc12.CC(=O)c1ccc2ccc3c(C(C)=O)cc(C)c4ccc1c2c43.CCC(=O)c1cc(S(=O)(=O)O)c2ccc3c(C(=O)NC)ccc4ccc1c2c43.CCC(=O)c1ccc2c(S(=O)(=O)O)c3cc(C(=O)NC)ccc3c(S(=O)(=O)O)c2c1.O=S(=O)=O.O=S(=O)=O.O=S(=O)=O. The molecule has 0 aliphatic rings. The van der Waals surface area contributed by atoms with Gasteiger partial charge in [-0.05, 0) is 147 Å². The first kappa shape index (κ1) is 91.1. The van der Waals surface area contributed by atoms with Gasteiger partial charge in [0.2, 0.25) is 0 Å². The van der Waals surface area contributed by atoms with E-state index in [1.54, 1.807) is 64.1 Å². The summed E-state index contributed by atoms with van der Waals surface area (Å²) in [7, 11) is -25.3. The second kappa shape index (κ2) is 36.3. The molecule has 0 aromatic heterocycles. The molecule has 6 N–H and O–H groups in total. The normalized spacial score (nSPS) is 11.2. The van der Waals surface area contributed by atoms with Crippen molar-refractivity contribution in [3.8, 4) is 0 Å². The van der Waals surface area contributed by atoms with Crippen molar-refractivity contribution in [1.82, 2.24) is 10.6 Å². The molecule has 0 fully saturated rings. The van der Waals surface area contributed by atoms with Crippen LogP contribution >= 0.6 is 0 Å². The second-order valence-electron chi connectivity index (χ2n) is 24.4. The summed E-state index contributed by atoms with van der Waals surface area (Å²) >= 11 is 0. The minimum absolute atomic E-state index is 0. The molecule has 2 amide bonds. The van der Waals surface area contributed by atoms with Crippen molar-refractivity contribution in [2.24, 2.45) is 0 Å². The fraction of sp³-hybridized carbons (Fsp3) is 0.158. The zero-order valence-electron chi connectivity index (χ0n) is 60.2. The van der Waals surface area contributed by atoms with Crippen LogP contribution in [0.15, 0.2) is 171 Å². The number of rotatable bonds is 14. The largest absolute Gasteiger partial charge is 0.425 e. The highest BCUT2D eigenvalue weighted by molar-refractivity contribution is 7.87. The molecule has 31 nitrogen and oxygen atoms in total. The highest BCUT2D eigenvalue weighted by atomic mass is 32.2. The highest BCUT2D eigenvalue weighted by Gasteiger charge is 2.30. The third kappa shape index (κ3) is 19.8. The third-order valence-electron chi connectivity index (χ3n) is 17.6. The summed E-state index contributed by atoms with van der Waals surface area (Å²) in [6.07, 6.45) is 0.305. The van der Waals surface area contributed by atoms with Crippen LogP contribution in [-0.2, 0) is 72.3 Å². The molecule has 13 aromatic rings. The van der Waals surface area contributed by atoms with Gasteiger partial charge in [0.05, 0.1) is 0 Å².